The molecule has 0 radical (unpaired) electrons. The third kappa shape index (κ3) is 5.91. The van der Waals surface area contributed by atoms with E-state index in [4.69, 9.17) is 0 Å². The van der Waals surface area contributed by atoms with Crippen LogP contribution in [0.15, 0.2) is 23.1 Å². The van der Waals surface area contributed by atoms with E-state index in [1.807, 2.05) is 6.92 Å². The van der Waals surface area contributed by atoms with Crippen LogP contribution in [0.25, 0.3) is 0 Å². The maximum absolute atomic E-state index is 13.0. The van der Waals surface area contributed by atoms with Gasteiger partial charge in [-0.05, 0) is 37.1 Å². The van der Waals surface area contributed by atoms with E-state index < -0.39 is 11.7 Å². The number of hydrogen-bond acceptors (Lipinski definition) is 3. The molecule has 0 N–H and O–H groups in total. The molecule has 1 aromatic rings. The zero-order valence-corrected chi connectivity index (χ0v) is 12.7. The number of carbonyl (C=O) groups is 2. The summed E-state index contributed by atoms with van der Waals surface area (Å²) in [6.45, 7) is 3.23. The van der Waals surface area contributed by atoms with Crippen LogP contribution < -0.4 is 0 Å². The highest BCUT2D eigenvalue weighted by Gasteiger charge is 2.33. The van der Waals surface area contributed by atoms with Gasteiger partial charge in [0.1, 0.15) is 11.6 Å². The van der Waals surface area contributed by atoms with E-state index in [1.54, 1.807) is 0 Å². The summed E-state index contributed by atoms with van der Waals surface area (Å²) in [5.74, 6) is -0.0616. The number of hydrogen-bond donors (Lipinski definition) is 0. The predicted octanol–water partition coefficient (Wildman–Crippen LogP) is 4.30. The van der Waals surface area contributed by atoms with E-state index in [2.05, 4.69) is 0 Å². The van der Waals surface area contributed by atoms with Gasteiger partial charge in [-0.25, -0.2) is 0 Å². The highest BCUT2D eigenvalue weighted by Crippen LogP contribution is 2.34. The minimum Gasteiger partial charge on any atom is -0.299 e. The molecule has 0 aliphatic heterocycles. The lowest BCUT2D eigenvalue weighted by Gasteiger charge is -2.14. The van der Waals surface area contributed by atoms with Crippen LogP contribution in [-0.4, -0.2) is 17.3 Å². The fourth-order valence-corrected chi connectivity index (χ4v) is 2.61. The van der Waals surface area contributed by atoms with Gasteiger partial charge in [-0.3, -0.25) is 9.59 Å². The summed E-state index contributed by atoms with van der Waals surface area (Å²) in [6.07, 6.45) is -3.83. The van der Waals surface area contributed by atoms with Crippen LogP contribution in [0.4, 0.5) is 13.2 Å². The van der Waals surface area contributed by atoms with Crippen molar-refractivity contribution in [3.05, 3.63) is 29.3 Å². The highest BCUT2D eigenvalue weighted by atomic mass is 32.2. The number of ketones is 2. The molecule has 1 rings (SSSR count). The number of benzene rings is 1. The van der Waals surface area contributed by atoms with Crippen LogP contribution in [-0.2, 0) is 22.2 Å². The molecule has 0 bridgehead atoms. The molecule has 21 heavy (non-hydrogen) atoms. The summed E-state index contributed by atoms with van der Waals surface area (Å²) in [7, 11) is 0. The normalized spacial score (nSPS) is 11.5. The second-order valence-corrected chi connectivity index (χ2v) is 5.82. The van der Waals surface area contributed by atoms with E-state index in [-0.39, 0.29) is 35.7 Å². The standard InChI is InChI=1S/C15H17F3O2S/c1-3-4-12(20)7-11-8-13(21-9-10(2)19)5-6-14(11)15(16,17)18/h5-6,8H,3-4,7,9H2,1-2H3. The maximum atomic E-state index is 13.0. The van der Waals surface area contributed by atoms with Gasteiger partial charge in [-0.15, -0.1) is 11.8 Å². The topological polar surface area (TPSA) is 34.1 Å². The molecular weight excluding hydrogens is 301 g/mol. The van der Waals surface area contributed by atoms with Crippen molar-refractivity contribution in [1.29, 1.82) is 0 Å². The van der Waals surface area contributed by atoms with Crippen LogP contribution in [0.5, 0.6) is 0 Å². The van der Waals surface area contributed by atoms with Crippen molar-refractivity contribution in [1.82, 2.24) is 0 Å². The van der Waals surface area contributed by atoms with Crippen LogP contribution in [0, 0.1) is 0 Å². The van der Waals surface area contributed by atoms with Gasteiger partial charge in [-0.2, -0.15) is 13.2 Å². The van der Waals surface area contributed by atoms with Crippen molar-refractivity contribution in [2.75, 3.05) is 5.75 Å². The molecule has 1 aromatic carbocycles. The predicted molar refractivity (Wildman–Crippen MR) is 76.5 cm³/mol. The first-order valence-electron chi connectivity index (χ1n) is 6.58. The molecule has 0 aliphatic rings. The lowest BCUT2D eigenvalue weighted by Crippen LogP contribution is -2.12. The zero-order valence-electron chi connectivity index (χ0n) is 11.9. The molecule has 6 heteroatoms. The van der Waals surface area contributed by atoms with Gasteiger partial charge >= 0.3 is 6.18 Å². The highest BCUT2D eigenvalue weighted by molar-refractivity contribution is 8.00. The van der Waals surface area contributed by atoms with E-state index in [0.29, 0.717) is 11.3 Å². The summed E-state index contributed by atoms with van der Waals surface area (Å²) in [6, 6.07) is 3.69. The lowest BCUT2D eigenvalue weighted by molar-refractivity contribution is -0.138. The smallest absolute Gasteiger partial charge is 0.299 e. The summed E-state index contributed by atoms with van der Waals surface area (Å²) in [4.78, 5) is 23.1. The average molecular weight is 318 g/mol. The second-order valence-electron chi connectivity index (χ2n) is 4.77. The Kier molecular flexibility index (Phi) is 6.45. The van der Waals surface area contributed by atoms with E-state index in [1.165, 1.54) is 30.8 Å². The SMILES string of the molecule is CCCC(=O)Cc1cc(SCC(C)=O)ccc1C(F)(F)F. The minimum atomic E-state index is -4.48. The zero-order chi connectivity index (χ0) is 16.0. The quantitative estimate of drug-likeness (QED) is 0.703. The summed E-state index contributed by atoms with van der Waals surface area (Å²) >= 11 is 1.17. The molecule has 2 nitrogen and oxygen atoms in total. The molecule has 0 unspecified atom stereocenters. The summed E-state index contributed by atoms with van der Waals surface area (Å²) < 4.78 is 38.9. The molecule has 0 spiro atoms. The Morgan fingerprint density at radius 1 is 1.24 bits per heavy atom. The second kappa shape index (κ2) is 7.64. The molecule has 0 saturated carbocycles. The molecule has 0 heterocycles. The molecule has 116 valence electrons. The van der Waals surface area contributed by atoms with Gasteiger partial charge < -0.3 is 0 Å². The number of halogens is 3. The van der Waals surface area contributed by atoms with Crippen molar-refractivity contribution in [3.8, 4) is 0 Å². The van der Waals surface area contributed by atoms with E-state index in [9.17, 15) is 22.8 Å². The van der Waals surface area contributed by atoms with Gasteiger partial charge in [0.05, 0.1) is 11.3 Å². The van der Waals surface area contributed by atoms with Crippen molar-refractivity contribution in [3.63, 3.8) is 0 Å². The van der Waals surface area contributed by atoms with Crippen molar-refractivity contribution >= 4 is 23.3 Å². The Balaban J connectivity index is 3.04. The molecule has 0 fully saturated rings. The maximum Gasteiger partial charge on any atom is 0.416 e. The fourth-order valence-electron chi connectivity index (χ4n) is 1.85. The Labute approximate surface area is 126 Å². The van der Waals surface area contributed by atoms with Crippen molar-refractivity contribution in [2.45, 2.75) is 44.2 Å². The monoisotopic (exact) mass is 318 g/mol. The van der Waals surface area contributed by atoms with Crippen LogP contribution in [0.1, 0.15) is 37.8 Å². The lowest BCUT2D eigenvalue weighted by atomic mass is 10.00. The average Bonchev–Trinajstić information content (AvgIpc) is 2.35. The van der Waals surface area contributed by atoms with Gasteiger partial charge in [0, 0.05) is 17.7 Å². The number of thioether (sulfide) groups is 1. The molecular formula is C15H17F3O2S. The summed E-state index contributed by atoms with van der Waals surface area (Å²) in [5, 5.41) is 0. The number of rotatable bonds is 7. The molecule has 0 saturated heterocycles. The number of Topliss-reactive ketones (excluding diaryl/α,β-unsaturated/α-hetero) is 2. The third-order valence-corrected chi connectivity index (χ3v) is 3.88. The number of alkyl halides is 3. The third-order valence-electron chi connectivity index (χ3n) is 2.74. The molecule has 0 aliphatic carbocycles. The Morgan fingerprint density at radius 2 is 1.90 bits per heavy atom. The van der Waals surface area contributed by atoms with Gasteiger partial charge in [0.25, 0.3) is 0 Å². The first kappa shape index (κ1) is 17.8. The van der Waals surface area contributed by atoms with Crippen molar-refractivity contribution in [2.24, 2.45) is 0 Å². The van der Waals surface area contributed by atoms with Crippen LogP contribution >= 0.6 is 11.8 Å². The molecule has 0 aromatic heterocycles. The first-order chi connectivity index (χ1) is 9.74. The Bertz CT molecular complexity index is 524. The van der Waals surface area contributed by atoms with Crippen LogP contribution in [0.3, 0.4) is 0 Å². The molecule has 0 amide bonds. The first-order valence-corrected chi connectivity index (χ1v) is 7.56. The van der Waals surface area contributed by atoms with Crippen LogP contribution in [0.2, 0.25) is 0 Å². The van der Waals surface area contributed by atoms with E-state index >= 15 is 0 Å². The molecule has 0 atom stereocenters. The van der Waals surface area contributed by atoms with Gasteiger partial charge in [0.15, 0.2) is 0 Å². The fraction of sp³-hybridized carbons (Fsp3) is 0.467. The van der Waals surface area contributed by atoms with Crippen molar-refractivity contribution < 1.29 is 22.8 Å². The Morgan fingerprint density at radius 3 is 2.43 bits per heavy atom. The largest absolute Gasteiger partial charge is 0.416 e. The Hall–Kier alpha value is -1.30. The minimum absolute atomic E-state index is 0.0190. The van der Waals surface area contributed by atoms with Gasteiger partial charge in [0.2, 0.25) is 0 Å². The van der Waals surface area contributed by atoms with E-state index in [0.717, 1.165) is 6.07 Å². The number of carbonyl (C=O) groups excluding carboxylic acids is 2. The summed E-state index contributed by atoms with van der Waals surface area (Å²) in [5.41, 5.74) is -0.798. The van der Waals surface area contributed by atoms with Gasteiger partial charge in [-0.1, -0.05) is 6.92 Å².